The van der Waals surface area contributed by atoms with Crippen molar-refractivity contribution in [3.8, 4) is 50.5 Å². The normalized spacial score (nSPS) is 13.7. The molecule has 256 valence electrons. The number of nitrogens with zero attached hydrogens (tertiary/aromatic N) is 2. The van der Waals surface area contributed by atoms with Crippen LogP contribution in [0.5, 0.6) is 0 Å². The minimum absolute atomic E-state index is 0.152. The van der Waals surface area contributed by atoms with Crippen LogP contribution in [0.25, 0.3) is 72.3 Å². The Morgan fingerprint density at radius 2 is 1.13 bits per heavy atom. The lowest BCUT2D eigenvalue weighted by Crippen LogP contribution is -2.17. The van der Waals surface area contributed by atoms with Gasteiger partial charge in [-0.3, -0.25) is 0 Å². The van der Waals surface area contributed by atoms with E-state index < -0.39 is 0 Å². The number of fused-ring (bicyclic) bond motifs is 10. The maximum absolute atomic E-state index is 5.22. The zero-order valence-corrected chi connectivity index (χ0v) is 31.5. The van der Waals surface area contributed by atoms with Gasteiger partial charge in [0.05, 0.1) is 22.4 Å². The van der Waals surface area contributed by atoms with E-state index >= 15 is 0 Å². The number of aromatic nitrogens is 2. The van der Waals surface area contributed by atoms with Crippen molar-refractivity contribution in [2.75, 3.05) is 0 Å². The number of benzene rings is 7. The van der Waals surface area contributed by atoms with E-state index in [0.717, 1.165) is 33.8 Å². The summed E-state index contributed by atoms with van der Waals surface area (Å²) in [6.07, 6.45) is 0. The fourth-order valence-electron chi connectivity index (χ4n) is 8.69. The molecule has 1 aliphatic carbocycles. The monoisotopic (exact) mass is 726 g/mol. The summed E-state index contributed by atoms with van der Waals surface area (Å²) in [6, 6.07) is 61.7. The molecule has 0 saturated heterocycles. The van der Waals surface area contributed by atoms with Gasteiger partial charge in [0.15, 0.2) is 0 Å². The molecule has 11 rings (SSSR count). The minimum Gasteiger partial charge on any atom is -0.309 e. The average Bonchev–Trinajstić information content (AvgIpc) is 3.69. The molecule has 0 bridgehead atoms. The molecule has 0 saturated carbocycles. The predicted molar refractivity (Wildman–Crippen MR) is 227 cm³/mol. The molecule has 0 N–H and O–H groups in total. The largest absolute Gasteiger partial charge is 0.309 e. The molecule has 9 aromatic rings. The second-order valence-corrected chi connectivity index (χ2v) is 16.9. The summed E-state index contributed by atoms with van der Waals surface area (Å²) in [5.41, 5.74) is 15.5. The van der Waals surface area contributed by atoms with Crippen LogP contribution in [0.15, 0.2) is 189 Å². The molecule has 7 aromatic carbocycles. The molecular weight excluding hydrogens is 693 g/mol. The van der Waals surface area contributed by atoms with Crippen molar-refractivity contribution in [1.29, 1.82) is 0 Å². The van der Waals surface area contributed by atoms with Gasteiger partial charge in [-0.15, -0.1) is 0 Å². The van der Waals surface area contributed by atoms with E-state index in [1.165, 1.54) is 69.2 Å². The second kappa shape index (κ2) is 12.1. The van der Waals surface area contributed by atoms with E-state index in [4.69, 9.17) is 4.98 Å². The number of hydrogen-bond donors (Lipinski definition) is 0. The van der Waals surface area contributed by atoms with Crippen LogP contribution < -0.4 is 0 Å². The topological polar surface area (TPSA) is 17.8 Å². The molecule has 0 amide bonds. The Bertz CT molecular complexity index is 2880. The van der Waals surface area contributed by atoms with Gasteiger partial charge in [0.25, 0.3) is 0 Å². The predicted octanol–water partition coefficient (Wildman–Crippen LogP) is 14.1. The van der Waals surface area contributed by atoms with Crippen LogP contribution in [-0.4, -0.2) is 9.55 Å². The van der Waals surface area contributed by atoms with Crippen molar-refractivity contribution in [2.45, 2.75) is 38.8 Å². The highest BCUT2D eigenvalue weighted by Crippen LogP contribution is 2.60. The van der Waals surface area contributed by atoms with E-state index in [9.17, 15) is 0 Å². The van der Waals surface area contributed by atoms with Crippen LogP contribution in [0.3, 0.4) is 0 Å². The highest BCUT2D eigenvalue weighted by atomic mass is 32.2. The summed E-state index contributed by atoms with van der Waals surface area (Å²) in [5.74, 6) is 0. The third kappa shape index (κ3) is 4.80. The lowest BCUT2D eigenvalue weighted by Gasteiger charge is -2.28. The van der Waals surface area contributed by atoms with Crippen LogP contribution in [0, 0.1) is 0 Å². The summed E-state index contributed by atoms with van der Waals surface area (Å²) in [7, 11) is 0. The maximum Gasteiger partial charge on any atom is 0.0715 e. The van der Waals surface area contributed by atoms with Gasteiger partial charge in [-0.05, 0) is 76.3 Å². The van der Waals surface area contributed by atoms with E-state index in [2.05, 4.69) is 188 Å². The summed E-state index contributed by atoms with van der Waals surface area (Å²) in [5, 5.41) is 2.55. The van der Waals surface area contributed by atoms with E-state index in [0.29, 0.717) is 0 Å². The van der Waals surface area contributed by atoms with E-state index in [1.54, 1.807) is 0 Å². The van der Waals surface area contributed by atoms with Crippen molar-refractivity contribution < 1.29 is 0 Å². The number of para-hydroxylation sites is 1. The van der Waals surface area contributed by atoms with Gasteiger partial charge in [0, 0.05) is 58.1 Å². The lowest BCUT2D eigenvalue weighted by atomic mass is 9.82. The lowest BCUT2D eigenvalue weighted by molar-refractivity contribution is 0.642. The van der Waals surface area contributed by atoms with Gasteiger partial charge in [0.2, 0.25) is 0 Å². The standard InChI is InChI=1S/C50H34N2S2/c1-50(2)39-27-25-37-36-17-9-10-18-42(36)52(48(37)46(39)38-26-28-45-49(47(38)50)54-44-20-12-11-19-43(44)53-45)35-23-21-33(22-24-35)41-30-34(31-13-5-3-6-14-31)29-40(51-41)32-15-7-4-8-16-32/h3-30H,1-2H3. The molecule has 54 heavy (non-hydrogen) atoms. The number of rotatable bonds is 4. The summed E-state index contributed by atoms with van der Waals surface area (Å²) in [6.45, 7) is 4.83. The van der Waals surface area contributed by atoms with Crippen LogP contribution in [0.2, 0.25) is 0 Å². The van der Waals surface area contributed by atoms with Gasteiger partial charge >= 0.3 is 0 Å². The maximum atomic E-state index is 5.22. The molecular formula is C50H34N2S2. The van der Waals surface area contributed by atoms with Gasteiger partial charge in [0.1, 0.15) is 0 Å². The first-order valence-electron chi connectivity index (χ1n) is 18.5. The molecule has 0 fully saturated rings. The van der Waals surface area contributed by atoms with Crippen molar-refractivity contribution >= 4 is 45.3 Å². The van der Waals surface area contributed by atoms with Crippen LogP contribution in [0.1, 0.15) is 25.0 Å². The van der Waals surface area contributed by atoms with Crippen molar-refractivity contribution in [2.24, 2.45) is 0 Å². The van der Waals surface area contributed by atoms with Gasteiger partial charge in [-0.1, -0.05) is 159 Å². The third-order valence-electron chi connectivity index (χ3n) is 11.2. The highest BCUT2D eigenvalue weighted by molar-refractivity contribution is 8.05. The Morgan fingerprint density at radius 3 is 1.87 bits per heavy atom. The zero-order valence-electron chi connectivity index (χ0n) is 29.9. The highest BCUT2D eigenvalue weighted by Gasteiger charge is 2.41. The molecule has 0 atom stereocenters. The summed E-state index contributed by atoms with van der Waals surface area (Å²) >= 11 is 3.84. The first kappa shape index (κ1) is 31.7. The molecule has 3 heterocycles. The zero-order chi connectivity index (χ0) is 36.0. The Balaban J connectivity index is 1.09. The van der Waals surface area contributed by atoms with Crippen LogP contribution in [0.4, 0.5) is 0 Å². The fourth-order valence-corrected chi connectivity index (χ4v) is 11.2. The van der Waals surface area contributed by atoms with Crippen LogP contribution >= 0.6 is 23.5 Å². The fraction of sp³-hybridized carbons (Fsp3) is 0.0600. The smallest absolute Gasteiger partial charge is 0.0715 e. The average molecular weight is 727 g/mol. The minimum atomic E-state index is -0.152. The Kier molecular flexibility index (Phi) is 7.11. The molecule has 2 aliphatic rings. The SMILES string of the molecule is CC1(C)c2ccc3c4ccccc4n(-c4ccc(-c5cc(-c6ccccc6)cc(-c6ccccc6)n5)cc4)c3c2-c2ccc3c(c21)Sc1ccccc1S3. The van der Waals surface area contributed by atoms with Crippen molar-refractivity contribution in [1.82, 2.24) is 9.55 Å². The first-order chi connectivity index (χ1) is 26.5. The molecule has 1 aliphatic heterocycles. The molecule has 2 aromatic heterocycles. The Morgan fingerprint density at radius 1 is 0.500 bits per heavy atom. The van der Waals surface area contributed by atoms with Crippen LogP contribution in [-0.2, 0) is 5.41 Å². The molecule has 0 unspecified atom stereocenters. The van der Waals surface area contributed by atoms with E-state index in [-0.39, 0.29) is 5.41 Å². The third-order valence-corrected chi connectivity index (χ3v) is 13.8. The quantitative estimate of drug-likeness (QED) is 0.180. The number of hydrogen-bond acceptors (Lipinski definition) is 3. The van der Waals surface area contributed by atoms with Gasteiger partial charge in [-0.25, -0.2) is 4.98 Å². The van der Waals surface area contributed by atoms with Gasteiger partial charge < -0.3 is 4.57 Å². The van der Waals surface area contributed by atoms with Gasteiger partial charge in [-0.2, -0.15) is 0 Å². The van der Waals surface area contributed by atoms with Crippen molar-refractivity contribution in [3.05, 3.63) is 181 Å². The summed E-state index contributed by atoms with van der Waals surface area (Å²) < 4.78 is 2.50. The molecule has 0 radical (unpaired) electrons. The number of pyridine rings is 1. The first-order valence-corrected chi connectivity index (χ1v) is 20.1. The molecule has 2 nitrogen and oxygen atoms in total. The van der Waals surface area contributed by atoms with Crippen molar-refractivity contribution in [3.63, 3.8) is 0 Å². The molecule has 0 spiro atoms. The van der Waals surface area contributed by atoms with E-state index in [1.807, 2.05) is 23.5 Å². The Hall–Kier alpha value is -5.81. The summed E-state index contributed by atoms with van der Waals surface area (Å²) in [4.78, 5) is 10.7. The molecule has 4 heteroatoms. The Labute approximate surface area is 323 Å². The second-order valence-electron chi connectivity index (χ2n) is 14.7.